The molecule has 1 saturated heterocycles. The lowest BCUT2D eigenvalue weighted by Crippen LogP contribution is -2.78. The smallest absolute Gasteiger partial charge is 0.149 e. The van der Waals surface area contributed by atoms with Crippen LogP contribution >= 0.6 is 0 Å². The lowest BCUT2D eigenvalue weighted by atomic mass is 10.0. The monoisotopic (exact) mass is 171 g/mol. The third-order valence-electron chi connectivity index (χ3n) is 2.20. The molecule has 5 heteroatoms. The summed E-state index contributed by atoms with van der Waals surface area (Å²) in [6.07, 6.45) is 2.51. The van der Waals surface area contributed by atoms with Crippen LogP contribution in [0.2, 0.25) is 0 Å². The van der Waals surface area contributed by atoms with Gasteiger partial charge in [0.25, 0.3) is 0 Å². The van der Waals surface area contributed by atoms with Crippen LogP contribution in [0.5, 0.6) is 0 Å². The van der Waals surface area contributed by atoms with Crippen molar-refractivity contribution in [3.05, 3.63) is 12.7 Å². The van der Waals surface area contributed by atoms with Crippen molar-refractivity contribution in [2.24, 2.45) is 17.3 Å². The topological polar surface area (TPSA) is 93.3 Å². The molecule has 0 aromatic rings. The number of piperazine rings is 1. The Hall–Kier alpha value is -0.460. The van der Waals surface area contributed by atoms with Gasteiger partial charge in [-0.2, -0.15) is 0 Å². The van der Waals surface area contributed by atoms with Crippen LogP contribution in [-0.4, -0.2) is 29.9 Å². The predicted octanol–water partition coefficient (Wildman–Crippen LogP) is -1.72. The molecule has 5 nitrogen and oxygen atoms in total. The van der Waals surface area contributed by atoms with E-state index in [1.807, 2.05) is 0 Å². The maximum Gasteiger partial charge on any atom is 0.149 e. The molecular weight excluding hydrogens is 154 g/mol. The normalized spacial score (nSPS) is 30.1. The largest absolute Gasteiger partial charge is 0.308 e. The Morgan fingerprint density at radius 2 is 2.33 bits per heavy atom. The van der Waals surface area contributed by atoms with Crippen molar-refractivity contribution in [1.29, 1.82) is 0 Å². The Labute approximate surface area is 72.5 Å². The summed E-state index contributed by atoms with van der Waals surface area (Å²) in [7, 11) is 0. The van der Waals surface area contributed by atoms with Gasteiger partial charge >= 0.3 is 0 Å². The molecule has 70 valence electrons. The number of hydrogen-bond donors (Lipinski definition) is 4. The van der Waals surface area contributed by atoms with Gasteiger partial charge in [0.15, 0.2) is 0 Å². The van der Waals surface area contributed by atoms with Crippen molar-refractivity contribution in [3.63, 3.8) is 0 Å². The van der Waals surface area contributed by atoms with E-state index < -0.39 is 5.79 Å². The van der Waals surface area contributed by atoms with Crippen molar-refractivity contribution in [1.82, 2.24) is 10.3 Å². The first kappa shape index (κ1) is 9.63. The molecule has 1 atom stereocenters. The van der Waals surface area contributed by atoms with E-state index in [0.29, 0.717) is 6.54 Å². The minimum absolute atomic E-state index is 0.0197. The van der Waals surface area contributed by atoms with Gasteiger partial charge in [0.1, 0.15) is 5.79 Å². The van der Waals surface area contributed by atoms with E-state index in [9.17, 15) is 0 Å². The van der Waals surface area contributed by atoms with Crippen molar-refractivity contribution < 1.29 is 0 Å². The number of nitrogens with two attached hydrogens (primary N) is 3. The van der Waals surface area contributed by atoms with Crippen LogP contribution in [0, 0.1) is 0 Å². The molecule has 1 rings (SSSR count). The fourth-order valence-corrected chi connectivity index (χ4v) is 1.36. The number of nitrogens with one attached hydrogen (secondary N) is 1. The maximum absolute atomic E-state index is 5.82. The van der Waals surface area contributed by atoms with Gasteiger partial charge in [-0.25, -0.2) is 5.01 Å². The highest BCUT2D eigenvalue weighted by Crippen LogP contribution is 2.11. The van der Waals surface area contributed by atoms with Crippen molar-refractivity contribution in [2.75, 3.05) is 13.1 Å². The van der Waals surface area contributed by atoms with Gasteiger partial charge in [0.05, 0.1) is 6.04 Å². The average molecular weight is 171 g/mol. The highest BCUT2D eigenvalue weighted by atomic mass is 15.6. The van der Waals surface area contributed by atoms with Crippen LogP contribution in [-0.2, 0) is 0 Å². The first-order chi connectivity index (χ1) is 5.59. The van der Waals surface area contributed by atoms with Crippen LogP contribution in [0.25, 0.3) is 0 Å². The van der Waals surface area contributed by atoms with Gasteiger partial charge < -0.3 is 5.32 Å². The van der Waals surface area contributed by atoms with E-state index in [0.717, 1.165) is 13.0 Å². The lowest BCUT2D eigenvalue weighted by Gasteiger charge is -2.44. The molecular formula is C7H17N5. The second-order valence-electron chi connectivity index (χ2n) is 3.11. The zero-order valence-electron chi connectivity index (χ0n) is 7.16. The Morgan fingerprint density at radius 3 is 2.92 bits per heavy atom. The molecule has 0 radical (unpaired) electrons. The molecule has 1 fully saturated rings. The highest BCUT2D eigenvalue weighted by Gasteiger charge is 2.37. The average Bonchev–Trinajstić information content (AvgIpc) is 2.00. The van der Waals surface area contributed by atoms with Gasteiger partial charge in [-0.3, -0.25) is 17.3 Å². The Kier molecular flexibility index (Phi) is 2.81. The van der Waals surface area contributed by atoms with Crippen molar-refractivity contribution >= 4 is 0 Å². The maximum atomic E-state index is 5.82. The number of hydrazine groups is 1. The van der Waals surface area contributed by atoms with Gasteiger partial charge in [-0.05, 0) is 6.42 Å². The summed E-state index contributed by atoms with van der Waals surface area (Å²) in [4.78, 5) is 0. The number of rotatable bonds is 2. The van der Waals surface area contributed by atoms with E-state index >= 15 is 0 Å². The third kappa shape index (κ3) is 1.65. The minimum atomic E-state index is -0.966. The quantitative estimate of drug-likeness (QED) is 0.225. The zero-order valence-corrected chi connectivity index (χ0v) is 7.16. The molecule has 1 unspecified atom stereocenters. The van der Waals surface area contributed by atoms with E-state index in [1.54, 1.807) is 6.08 Å². The van der Waals surface area contributed by atoms with Gasteiger partial charge in [-0.15, -0.1) is 6.58 Å². The molecule has 0 amide bonds. The third-order valence-corrected chi connectivity index (χ3v) is 2.20. The molecule has 0 saturated carbocycles. The molecule has 0 spiro atoms. The highest BCUT2D eigenvalue weighted by molar-refractivity contribution is 4.96. The van der Waals surface area contributed by atoms with E-state index in [4.69, 9.17) is 17.3 Å². The first-order valence-electron chi connectivity index (χ1n) is 4.03. The summed E-state index contributed by atoms with van der Waals surface area (Å²) in [6, 6.07) is -0.0197. The van der Waals surface area contributed by atoms with E-state index in [-0.39, 0.29) is 6.04 Å². The second-order valence-corrected chi connectivity index (χ2v) is 3.11. The van der Waals surface area contributed by atoms with Gasteiger partial charge in [0.2, 0.25) is 0 Å². The van der Waals surface area contributed by atoms with Crippen molar-refractivity contribution in [3.8, 4) is 0 Å². The molecule has 0 aromatic carbocycles. The molecule has 1 aliphatic heterocycles. The van der Waals surface area contributed by atoms with Crippen LogP contribution in [0.1, 0.15) is 6.42 Å². The molecule has 0 aromatic heterocycles. The number of nitrogens with zero attached hydrogens (tertiary/aromatic N) is 1. The molecule has 0 aliphatic carbocycles. The summed E-state index contributed by atoms with van der Waals surface area (Å²) in [5.74, 6) is 4.68. The summed E-state index contributed by atoms with van der Waals surface area (Å²) in [6.45, 7) is 5.11. The standard InChI is InChI=1S/C7H17N5/c1-2-3-6-7(8,9)12(10)5-4-11-6/h2,6,11H,1,3-5,8-10H2. The Bertz CT molecular complexity index is 167. The summed E-state index contributed by atoms with van der Waals surface area (Å²) in [5, 5.41) is 4.67. The fourth-order valence-electron chi connectivity index (χ4n) is 1.36. The van der Waals surface area contributed by atoms with Crippen LogP contribution < -0.4 is 22.6 Å². The summed E-state index contributed by atoms with van der Waals surface area (Å²) in [5.41, 5.74) is 11.6. The molecule has 1 aliphatic rings. The molecule has 7 N–H and O–H groups in total. The minimum Gasteiger partial charge on any atom is -0.308 e. The predicted molar refractivity (Wildman–Crippen MR) is 48.6 cm³/mol. The summed E-state index contributed by atoms with van der Waals surface area (Å²) >= 11 is 0. The van der Waals surface area contributed by atoms with Gasteiger partial charge in [0, 0.05) is 13.1 Å². The lowest BCUT2D eigenvalue weighted by molar-refractivity contribution is 0.0289. The first-order valence-corrected chi connectivity index (χ1v) is 4.03. The number of hydrogen-bond acceptors (Lipinski definition) is 5. The van der Waals surface area contributed by atoms with Crippen LogP contribution in [0.3, 0.4) is 0 Å². The Balaban J connectivity index is 2.65. The summed E-state index contributed by atoms with van der Waals surface area (Å²) < 4.78 is 0. The van der Waals surface area contributed by atoms with E-state index in [2.05, 4.69) is 11.9 Å². The van der Waals surface area contributed by atoms with E-state index in [1.165, 1.54) is 5.01 Å². The second kappa shape index (κ2) is 3.51. The molecule has 12 heavy (non-hydrogen) atoms. The van der Waals surface area contributed by atoms with Crippen LogP contribution in [0.4, 0.5) is 0 Å². The van der Waals surface area contributed by atoms with Gasteiger partial charge in [-0.1, -0.05) is 6.08 Å². The molecule has 0 bridgehead atoms. The zero-order chi connectivity index (χ0) is 9.19. The van der Waals surface area contributed by atoms with Crippen molar-refractivity contribution in [2.45, 2.75) is 18.2 Å². The fraction of sp³-hybridized carbons (Fsp3) is 0.714. The Morgan fingerprint density at radius 1 is 1.67 bits per heavy atom. The molecule has 1 heterocycles. The van der Waals surface area contributed by atoms with Crippen LogP contribution in [0.15, 0.2) is 12.7 Å². The SMILES string of the molecule is C=CCC1NCCN(N)C1(N)N.